The molecule has 1 aromatic heterocycles. The van der Waals surface area contributed by atoms with Crippen LogP contribution in [0.3, 0.4) is 0 Å². The number of carboxylic acids is 1. The van der Waals surface area contributed by atoms with Crippen LogP contribution in [0, 0.1) is 5.92 Å². The molecule has 1 fully saturated rings. The van der Waals surface area contributed by atoms with Gasteiger partial charge in [0.25, 0.3) is 0 Å². The first-order valence-corrected chi connectivity index (χ1v) is 7.99. The Morgan fingerprint density at radius 3 is 2.86 bits per heavy atom. The van der Waals surface area contributed by atoms with Gasteiger partial charge in [-0.05, 0) is 30.3 Å². The number of aromatic nitrogens is 3. The minimum atomic E-state index is -0.984. The molecule has 0 spiro atoms. The first kappa shape index (κ1) is 15.6. The van der Waals surface area contributed by atoms with E-state index in [2.05, 4.69) is 20.9 Å². The summed E-state index contributed by atoms with van der Waals surface area (Å²) in [6, 6.07) is -0.235. The van der Waals surface area contributed by atoms with E-state index in [1.54, 1.807) is 0 Å². The minimum Gasteiger partial charge on any atom is -0.480 e. The summed E-state index contributed by atoms with van der Waals surface area (Å²) in [5.41, 5.74) is 0.528. The zero-order valence-corrected chi connectivity index (χ0v) is 12.4. The molecule has 8 nitrogen and oxygen atoms in total. The van der Waals surface area contributed by atoms with Crippen LogP contribution in [0.1, 0.15) is 18.5 Å². The molecule has 0 radical (unpaired) electrons. The molecule has 2 heterocycles. The molecule has 0 bridgehead atoms. The molecule has 9 heteroatoms. The molecular weight excluding hydrogens is 294 g/mol. The monoisotopic (exact) mass is 313 g/mol. The highest BCUT2D eigenvalue weighted by Crippen LogP contribution is 2.21. The maximum absolute atomic E-state index is 11.7. The van der Waals surface area contributed by atoms with Crippen molar-refractivity contribution < 1.29 is 14.7 Å². The van der Waals surface area contributed by atoms with Crippen LogP contribution >= 0.6 is 11.8 Å². The van der Waals surface area contributed by atoms with E-state index in [4.69, 9.17) is 5.11 Å². The highest BCUT2D eigenvalue weighted by molar-refractivity contribution is 7.99. The van der Waals surface area contributed by atoms with Crippen molar-refractivity contribution in [1.82, 2.24) is 25.6 Å². The van der Waals surface area contributed by atoms with Crippen LogP contribution in [0.4, 0.5) is 4.79 Å². The lowest BCUT2D eigenvalue weighted by Crippen LogP contribution is -2.38. The molecule has 0 aromatic carbocycles. The van der Waals surface area contributed by atoms with E-state index in [1.165, 1.54) is 22.4 Å². The number of aliphatic carboxylic acids is 1. The van der Waals surface area contributed by atoms with Crippen molar-refractivity contribution in [3.8, 4) is 0 Å². The number of hydrogen-bond donors (Lipinski definition) is 3. The quantitative estimate of drug-likeness (QED) is 0.697. The molecule has 0 unspecified atom stereocenters. The van der Waals surface area contributed by atoms with Crippen LogP contribution in [0.25, 0.3) is 0 Å². The molecule has 0 aliphatic carbocycles. The number of carbonyl (C=O) groups excluding carboxylic acids is 1. The second kappa shape index (κ2) is 7.87. The maximum Gasteiger partial charge on any atom is 0.325 e. The predicted molar refractivity (Wildman–Crippen MR) is 77.9 cm³/mol. The number of hydrogen-bond acceptors (Lipinski definition) is 5. The first-order chi connectivity index (χ1) is 10.1. The third-order valence-electron chi connectivity index (χ3n) is 3.21. The number of urea groups is 1. The van der Waals surface area contributed by atoms with Gasteiger partial charge in [-0.1, -0.05) is 5.21 Å². The van der Waals surface area contributed by atoms with Gasteiger partial charge in [-0.15, -0.1) is 5.10 Å². The summed E-state index contributed by atoms with van der Waals surface area (Å²) in [7, 11) is 0. The lowest BCUT2D eigenvalue weighted by Gasteiger charge is -2.21. The van der Waals surface area contributed by atoms with Crippen molar-refractivity contribution in [3.63, 3.8) is 0 Å². The van der Waals surface area contributed by atoms with Crippen molar-refractivity contribution >= 4 is 23.8 Å². The smallest absolute Gasteiger partial charge is 0.325 e. The summed E-state index contributed by atoms with van der Waals surface area (Å²) < 4.78 is 1.22. The Balaban J connectivity index is 1.66. The van der Waals surface area contributed by atoms with Gasteiger partial charge in [-0.2, -0.15) is 11.8 Å². The summed E-state index contributed by atoms with van der Waals surface area (Å²) in [6.07, 6.45) is 3.80. The number of carboxylic acid groups (broad SMARTS) is 1. The molecular formula is C12H19N5O3S. The third-order valence-corrected chi connectivity index (χ3v) is 4.25. The molecule has 1 aliphatic heterocycles. The van der Waals surface area contributed by atoms with Gasteiger partial charge in [0.05, 0.1) is 12.7 Å². The normalized spacial score (nSPS) is 15.6. The molecule has 21 heavy (non-hydrogen) atoms. The van der Waals surface area contributed by atoms with Gasteiger partial charge < -0.3 is 15.7 Å². The highest BCUT2D eigenvalue weighted by atomic mass is 32.2. The number of carbonyl (C=O) groups is 2. The number of thioether (sulfide) groups is 1. The topological polar surface area (TPSA) is 109 Å². The lowest BCUT2D eigenvalue weighted by atomic mass is 10.0. The molecule has 1 aromatic rings. The van der Waals surface area contributed by atoms with Crippen LogP contribution in [0.15, 0.2) is 6.20 Å². The van der Waals surface area contributed by atoms with Crippen molar-refractivity contribution in [2.24, 2.45) is 5.92 Å². The Labute approximate surface area is 126 Å². The second-order valence-electron chi connectivity index (χ2n) is 4.92. The molecule has 0 atom stereocenters. The molecule has 0 saturated carbocycles. The standard InChI is InChI=1S/C12H19N5O3S/c18-11(19)8-17-7-10(15-16-17)6-14-12(20)13-5-9-1-3-21-4-2-9/h7,9H,1-6,8H2,(H,18,19)(H2,13,14,20). The zero-order chi connectivity index (χ0) is 15.1. The fraction of sp³-hybridized carbons (Fsp3) is 0.667. The molecule has 1 saturated heterocycles. The first-order valence-electron chi connectivity index (χ1n) is 6.83. The van der Waals surface area contributed by atoms with Gasteiger partial charge in [0, 0.05) is 6.54 Å². The number of nitrogens with zero attached hydrogens (tertiary/aromatic N) is 3. The Morgan fingerprint density at radius 2 is 2.14 bits per heavy atom. The van der Waals surface area contributed by atoms with Crippen molar-refractivity contribution in [3.05, 3.63) is 11.9 Å². The predicted octanol–water partition coefficient (Wildman–Crippen LogP) is 0.305. The maximum atomic E-state index is 11.7. The largest absolute Gasteiger partial charge is 0.480 e. The summed E-state index contributed by atoms with van der Waals surface area (Å²) in [4.78, 5) is 22.2. The summed E-state index contributed by atoms with van der Waals surface area (Å²) >= 11 is 1.96. The van der Waals surface area contributed by atoms with Gasteiger partial charge in [-0.25, -0.2) is 9.48 Å². The SMILES string of the molecule is O=C(O)Cn1cc(CNC(=O)NCC2CCSCC2)nn1. The number of amides is 2. The average molecular weight is 313 g/mol. The van der Waals surface area contributed by atoms with Crippen LogP contribution in [-0.4, -0.2) is 50.2 Å². The van der Waals surface area contributed by atoms with Crippen LogP contribution in [-0.2, 0) is 17.9 Å². The van der Waals surface area contributed by atoms with Crippen LogP contribution < -0.4 is 10.6 Å². The Morgan fingerprint density at radius 1 is 1.38 bits per heavy atom. The van der Waals surface area contributed by atoms with Crippen molar-refractivity contribution in [2.45, 2.75) is 25.9 Å². The number of rotatable bonds is 6. The Kier molecular flexibility index (Phi) is 5.85. The Hall–Kier alpha value is -1.77. The molecule has 1 aliphatic rings. The fourth-order valence-corrected chi connectivity index (χ4v) is 3.26. The van der Waals surface area contributed by atoms with Gasteiger partial charge in [0.2, 0.25) is 0 Å². The molecule has 2 rings (SSSR count). The van der Waals surface area contributed by atoms with Crippen molar-refractivity contribution in [1.29, 1.82) is 0 Å². The summed E-state index contributed by atoms with van der Waals surface area (Å²) in [5, 5.41) is 21.6. The summed E-state index contributed by atoms with van der Waals surface area (Å²) in [6.45, 7) is 0.683. The van der Waals surface area contributed by atoms with E-state index in [-0.39, 0.29) is 19.1 Å². The number of nitrogens with one attached hydrogen (secondary N) is 2. The fourth-order valence-electron chi connectivity index (χ4n) is 2.06. The van der Waals surface area contributed by atoms with Gasteiger partial charge in [0.1, 0.15) is 12.2 Å². The second-order valence-corrected chi connectivity index (χ2v) is 6.15. The average Bonchev–Trinajstić information content (AvgIpc) is 2.91. The molecule has 2 amide bonds. The summed E-state index contributed by atoms with van der Waals surface area (Å²) in [5.74, 6) is 1.91. The Bertz CT molecular complexity index is 487. The van der Waals surface area contributed by atoms with E-state index in [9.17, 15) is 9.59 Å². The van der Waals surface area contributed by atoms with E-state index in [0.29, 0.717) is 18.2 Å². The van der Waals surface area contributed by atoms with Crippen molar-refractivity contribution in [2.75, 3.05) is 18.1 Å². The highest BCUT2D eigenvalue weighted by Gasteiger charge is 2.14. The van der Waals surface area contributed by atoms with E-state index < -0.39 is 5.97 Å². The van der Waals surface area contributed by atoms with E-state index in [1.807, 2.05) is 11.8 Å². The van der Waals surface area contributed by atoms with Crippen LogP contribution in [0.2, 0.25) is 0 Å². The minimum absolute atomic E-state index is 0.228. The van der Waals surface area contributed by atoms with Gasteiger partial charge in [0.15, 0.2) is 0 Å². The zero-order valence-electron chi connectivity index (χ0n) is 11.6. The van der Waals surface area contributed by atoms with Gasteiger partial charge in [-0.3, -0.25) is 4.79 Å². The van der Waals surface area contributed by atoms with Gasteiger partial charge >= 0.3 is 12.0 Å². The molecule has 3 N–H and O–H groups in total. The van der Waals surface area contributed by atoms with Crippen LogP contribution in [0.5, 0.6) is 0 Å². The lowest BCUT2D eigenvalue weighted by molar-refractivity contribution is -0.137. The molecule has 116 valence electrons. The van der Waals surface area contributed by atoms with E-state index in [0.717, 1.165) is 12.8 Å². The van der Waals surface area contributed by atoms with E-state index >= 15 is 0 Å². The third kappa shape index (κ3) is 5.62.